The van der Waals surface area contributed by atoms with E-state index in [2.05, 4.69) is 35.2 Å². The van der Waals surface area contributed by atoms with E-state index in [-0.39, 0.29) is 0 Å². The molecule has 0 atom stereocenters. The Hall–Kier alpha value is -2.16. The van der Waals surface area contributed by atoms with E-state index in [1.165, 1.54) is 5.56 Å². The molecule has 2 heterocycles. The number of aryl methyl sites for hydroxylation is 2. The maximum absolute atomic E-state index is 4.47. The molecular formula is C14H13N3. The van der Waals surface area contributed by atoms with Gasteiger partial charge in [-0.2, -0.15) is 5.10 Å². The van der Waals surface area contributed by atoms with Crippen LogP contribution in [-0.2, 0) is 0 Å². The second kappa shape index (κ2) is 3.70. The predicted octanol–water partition coefficient (Wildman–Crippen LogP) is 3.01. The van der Waals surface area contributed by atoms with E-state index in [9.17, 15) is 0 Å². The molecule has 0 N–H and O–H groups in total. The largest absolute Gasteiger partial charge is 0.234 e. The van der Waals surface area contributed by atoms with Crippen molar-refractivity contribution in [1.29, 1.82) is 0 Å². The highest BCUT2D eigenvalue weighted by Gasteiger charge is 2.10. The van der Waals surface area contributed by atoms with Gasteiger partial charge in [0.1, 0.15) is 6.33 Å². The minimum absolute atomic E-state index is 0.996. The van der Waals surface area contributed by atoms with Crippen LogP contribution in [0.1, 0.15) is 11.3 Å². The third-order valence-corrected chi connectivity index (χ3v) is 2.86. The highest BCUT2D eigenvalue weighted by molar-refractivity contribution is 5.79. The van der Waals surface area contributed by atoms with Gasteiger partial charge in [-0.25, -0.2) is 9.50 Å². The lowest BCUT2D eigenvalue weighted by atomic mass is 10.1. The Labute approximate surface area is 99.7 Å². The van der Waals surface area contributed by atoms with Gasteiger partial charge in [-0.05, 0) is 25.5 Å². The van der Waals surface area contributed by atoms with E-state index < -0.39 is 0 Å². The van der Waals surface area contributed by atoms with Crippen molar-refractivity contribution in [3.63, 3.8) is 0 Å². The molecule has 0 radical (unpaired) electrons. The molecule has 0 spiro atoms. The zero-order valence-electron chi connectivity index (χ0n) is 9.88. The molecule has 84 valence electrons. The van der Waals surface area contributed by atoms with Gasteiger partial charge >= 0.3 is 0 Å². The first-order chi connectivity index (χ1) is 8.25. The summed E-state index contributed by atoms with van der Waals surface area (Å²) in [5, 5.41) is 4.44. The summed E-state index contributed by atoms with van der Waals surface area (Å²) in [4.78, 5) is 4.47. The van der Waals surface area contributed by atoms with Gasteiger partial charge in [-0.3, -0.25) is 0 Å². The van der Waals surface area contributed by atoms with Crippen LogP contribution >= 0.6 is 0 Å². The number of aromatic nitrogens is 3. The number of imidazole rings is 1. The molecule has 0 saturated heterocycles. The zero-order chi connectivity index (χ0) is 11.8. The zero-order valence-corrected chi connectivity index (χ0v) is 9.88. The third-order valence-electron chi connectivity index (χ3n) is 2.86. The van der Waals surface area contributed by atoms with Crippen molar-refractivity contribution in [2.24, 2.45) is 0 Å². The number of rotatable bonds is 1. The molecule has 0 bridgehead atoms. The van der Waals surface area contributed by atoms with Crippen LogP contribution in [0.3, 0.4) is 0 Å². The predicted molar refractivity (Wildman–Crippen MR) is 67.9 cm³/mol. The Kier molecular flexibility index (Phi) is 2.18. The van der Waals surface area contributed by atoms with Crippen molar-refractivity contribution in [2.45, 2.75) is 13.8 Å². The standard InChI is InChI=1S/C14H13N3/c1-10-8-11(2)16-17-9-15-13(14(10)17)12-6-4-3-5-7-12/h3-9H,1-2H3. The van der Waals surface area contributed by atoms with Crippen molar-refractivity contribution in [2.75, 3.05) is 0 Å². The highest BCUT2D eigenvalue weighted by atomic mass is 15.2. The van der Waals surface area contributed by atoms with Crippen LogP contribution in [0, 0.1) is 13.8 Å². The van der Waals surface area contributed by atoms with Crippen LogP contribution in [0.4, 0.5) is 0 Å². The average molecular weight is 223 g/mol. The average Bonchev–Trinajstić information content (AvgIpc) is 2.74. The molecule has 3 heteroatoms. The Balaban J connectivity index is 2.32. The van der Waals surface area contributed by atoms with Crippen molar-refractivity contribution in [3.05, 3.63) is 54.0 Å². The molecule has 3 aromatic rings. The summed E-state index contributed by atoms with van der Waals surface area (Å²) in [6, 6.07) is 12.3. The van der Waals surface area contributed by atoms with E-state index in [0.717, 1.165) is 22.5 Å². The first-order valence-electron chi connectivity index (χ1n) is 5.63. The molecule has 3 rings (SSSR count). The fourth-order valence-corrected chi connectivity index (χ4v) is 2.17. The smallest absolute Gasteiger partial charge is 0.118 e. The number of benzene rings is 1. The van der Waals surface area contributed by atoms with E-state index >= 15 is 0 Å². The van der Waals surface area contributed by atoms with Gasteiger partial charge in [0.05, 0.1) is 16.9 Å². The summed E-state index contributed by atoms with van der Waals surface area (Å²) < 4.78 is 1.85. The summed E-state index contributed by atoms with van der Waals surface area (Å²) in [7, 11) is 0. The quantitative estimate of drug-likeness (QED) is 0.634. The van der Waals surface area contributed by atoms with Crippen molar-refractivity contribution in [1.82, 2.24) is 14.6 Å². The lowest BCUT2D eigenvalue weighted by Crippen LogP contribution is -1.95. The van der Waals surface area contributed by atoms with E-state index in [1.807, 2.05) is 29.6 Å². The first-order valence-corrected chi connectivity index (χ1v) is 5.63. The summed E-state index contributed by atoms with van der Waals surface area (Å²) in [5.41, 5.74) is 5.42. The number of fused-ring (bicyclic) bond motifs is 1. The van der Waals surface area contributed by atoms with Crippen molar-refractivity contribution in [3.8, 4) is 11.3 Å². The van der Waals surface area contributed by atoms with Crippen LogP contribution in [0.5, 0.6) is 0 Å². The van der Waals surface area contributed by atoms with Crippen LogP contribution in [-0.4, -0.2) is 14.6 Å². The fraction of sp³-hybridized carbons (Fsp3) is 0.143. The summed E-state index contributed by atoms with van der Waals surface area (Å²) in [6.45, 7) is 4.09. The molecule has 0 saturated carbocycles. The Morgan fingerprint density at radius 1 is 1.06 bits per heavy atom. The summed E-state index contributed by atoms with van der Waals surface area (Å²) >= 11 is 0. The van der Waals surface area contributed by atoms with Gasteiger partial charge < -0.3 is 0 Å². The molecule has 0 aliphatic heterocycles. The van der Waals surface area contributed by atoms with Crippen LogP contribution in [0.25, 0.3) is 16.8 Å². The Morgan fingerprint density at radius 2 is 1.82 bits per heavy atom. The van der Waals surface area contributed by atoms with Gasteiger partial charge in [-0.15, -0.1) is 0 Å². The number of nitrogens with zero attached hydrogens (tertiary/aromatic N) is 3. The molecule has 0 unspecified atom stereocenters. The summed E-state index contributed by atoms with van der Waals surface area (Å²) in [5.74, 6) is 0. The number of hydrogen-bond acceptors (Lipinski definition) is 2. The second-order valence-electron chi connectivity index (χ2n) is 4.22. The topological polar surface area (TPSA) is 30.2 Å². The Bertz CT molecular complexity index is 669. The van der Waals surface area contributed by atoms with Crippen molar-refractivity contribution < 1.29 is 0 Å². The second-order valence-corrected chi connectivity index (χ2v) is 4.22. The molecule has 3 nitrogen and oxygen atoms in total. The highest BCUT2D eigenvalue weighted by Crippen LogP contribution is 2.24. The number of hydrogen-bond donors (Lipinski definition) is 0. The van der Waals surface area contributed by atoms with Gasteiger partial charge in [0, 0.05) is 5.56 Å². The molecule has 0 amide bonds. The van der Waals surface area contributed by atoms with Gasteiger partial charge in [-0.1, -0.05) is 30.3 Å². The van der Waals surface area contributed by atoms with Gasteiger partial charge in [0.15, 0.2) is 0 Å². The van der Waals surface area contributed by atoms with Crippen LogP contribution in [0.2, 0.25) is 0 Å². The SMILES string of the molecule is Cc1cc(C)c2c(-c3ccccc3)ncn2n1. The van der Waals surface area contributed by atoms with E-state index in [0.29, 0.717) is 0 Å². The lowest BCUT2D eigenvalue weighted by Gasteiger charge is -2.03. The molecule has 0 aliphatic carbocycles. The van der Waals surface area contributed by atoms with Crippen LogP contribution in [0.15, 0.2) is 42.7 Å². The molecular weight excluding hydrogens is 210 g/mol. The van der Waals surface area contributed by atoms with Gasteiger partial charge in [0.2, 0.25) is 0 Å². The first kappa shape index (κ1) is 10.0. The minimum Gasteiger partial charge on any atom is -0.234 e. The molecule has 17 heavy (non-hydrogen) atoms. The van der Waals surface area contributed by atoms with E-state index in [1.54, 1.807) is 6.33 Å². The Morgan fingerprint density at radius 3 is 2.59 bits per heavy atom. The maximum Gasteiger partial charge on any atom is 0.118 e. The normalized spacial score (nSPS) is 10.9. The maximum atomic E-state index is 4.47. The molecule has 0 aliphatic rings. The third kappa shape index (κ3) is 1.60. The molecule has 1 aromatic carbocycles. The van der Waals surface area contributed by atoms with Crippen LogP contribution < -0.4 is 0 Å². The van der Waals surface area contributed by atoms with E-state index in [4.69, 9.17) is 0 Å². The van der Waals surface area contributed by atoms with Crippen molar-refractivity contribution >= 4 is 5.52 Å². The van der Waals surface area contributed by atoms with Gasteiger partial charge in [0.25, 0.3) is 0 Å². The fourth-order valence-electron chi connectivity index (χ4n) is 2.17. The summed E-state index contributed by atoms with van der Waals surface area (Å²) in [6.07, 6.45) is 1.78. The lowest BCUT2D eigenvalue weighted by molar-refractivity contribution is 0.887. The minimum atomic E-state index is 0.996. The monoisotopic (exact) mass is 223 g/mol. The molecule has 2 aromatic heterocycles. The molecule has 0 fully saturated rings.